The highest BCUT2D eigenvalue weighted by molar-refractivity contribution is 5.89. The van der Waals surface area contributed by atoms with Gasteiger partial charge < -0.3 is 15.7 Å². The Morgan fingerprint density at radius 3 is 2.32 bits per heavy atom. The Morgan fingerprint density at radius 1 is 1.18 bits per heavy atom. The van der Waals surface area contributed by atoms with Crippen LogP contribution in [0.4, 0.5) is 0 Å². The molecular formula is C17H26N2O3. The van der Waals surface area contributed by atoms with Gasteiger partial charge in [0.1, 0.15) is 6.04 Å². The SMILES string of the molecule is CC(NC(=O)C(C)(C)C)C(=O)NCCC(O)c1ccccc1. The number of hydrogen-bond acceptors (Lipinski definition) is 3. The van der Waals surface area contributed by atoms with Crippen molar-refractivity contribution in [2.24, 2.45) is 5.41 Å². The van der Waals surface area contributed by atoms with Crippen molar-refractivity contribution in [1.82, 2.24) is 10.6 Å². The molecule has 5 heteroatoms. The van der Waals surface area contributed by atoms with Gasteiger partial charge in [0.25, 0.3) is 0 Å². The molecule has 0 bridgehead atoms. The molecule has 0 radical (unpaired) electrons. The first kappa shape index (κ1) is 18.2. The van der Waals surface area contributed by atoms with Crippen molar-refractivity contribution in [2.45, 2.75) is 46.3 Å². The Labute approximate surface area is 132 Å². The average Bonchev–Trinajstić information content (AvgIpc) is 2.46. The van der Waals surface area contributed by atoms with E-state index in [-0.39, 0.29) is 11.8 Å². The second-order valence-electron chi connectivity index (χ2n) is 6.45. The zero-order valence-corrected chi connectivity index (χ0v) is 13.7. The molecule has 1 aromatic rings. The fourth-order valence-electron chi connectivity index (χ4n) is 1.81. The Morgan fingerprint density at radius 2 is 1.77 bits per heavy atom. The average molecular weight is 306 g/mol. The third kappa shape index (κ3) is 5.85. The van der Waals surface area contributed by atoms with E-state index in [0.717, 1.165) is 5.56 Å². The number of carbonyl (C=O) groups excluding carboxylic acids is 2. The maximum atomic E-state index is 11.9. The molecule has 0 fully saturated rings. The highest BCUT2D eigenvalue weighted by atomic mass is 16.3. The van der Waals surface area contributed by atoms with E-state index < -0.39 is 17.6 Å². The van der Waals surface area contributed by atoms with Crippen LogP contribution in [0.2, 0.25) is 0 Å². The van der Waals surface area contributed by atoms with Crippen LogP contribution in [0.3, 0.4) is 0 Å². The van der Waals surface area contributed by atoms with E-state index >= 15 is 0 Å². The van der Waals surface area contributed by atoms with Crippen molar-refractivity contribution in [3.63, 3.8) is 0 Å². The van der Waals surface area contributed by atoms with Gasteiger partial charge in [-0.2, -0.15) is 0 Å². The molecule has 2 amide bonds. The summed E-state index contributed by atoms with van der Waals surface area (Å²) in [6.07, 6.45) is -0.184. The molecule has 0 aliphatic rings. The lowest BCUT2D eigenvalue weighted by Crippen LogP contribution is -2.48. The van der Waals surface area contributed by atoms with Crippen LogP contribution in [0.25, 0.3) is 0 Å². The smallest absolute Gasteiger partial charge is 0.242 e. The maximum absolute atomic E-state index is 11.9. The van der Waals surface area contributed by atoms with Crippen molar-refractivity contribution < 1.29 is 14.7 Å². The van der Waals surface area contributed by atoms with Gasteiger partial charge in [-0.25, -0.2) is 0 Å². The number of hydrogen-bond donors (Lipinski definition) is 3. The molecule has 0 spiro atoms. The lowest BCUT2D eigenvalue weighted by molar-refractivity contribution is -0.133. The van der Waals surface area contributed by atoms with Crippen LogP contribution in [0.15, 0.2) is 30.3 Å². The van der Waals surface area contributed by atoms with Gasteiger partial charge in [-0.15, -0.1) is 0 Å². The third-order valence-electron chi connectivity index (χ3n) is 3.32. The fraction of sp³-hybridized carbons (Fsp3) is 0.529. The van der Waals surface area contributed by atoms with E-state index in [2.05, 4.69) is 10.6 Å². The molecule has 1 aromatic carbocycles. The molecule has 5 nitrogen and oxygen atoms in total. The summed E-state index contributed by atoms with van der Waals surface area (Å²) < 4.78 is 0. The lowest BCUT2D eigenvalue weighted by Gasteiger charge is -2.21. The van der Waals surface area contributed by atoms with E-state index in [0.29, 0.717) is 13.0 Å². The van der Waals surface area contributed by atoms with Crippen LogP contribution in [-0.2, 0) is 9.59 Å². The Kier molecular flexibility index (Phi) is 6.56. The largest absolute Gasteiger partial charge is 0.388 e. The van der Waals surface area contributed by atoms with Crippen LogP contribution < -0.4 is 10.6 Å². The minimum absolute atomic E-state index is 0.167. The van der Waals surface area contributed by atoms with Crippen molar-refractivity contribution >= 4 is 11.8 Å². The molecule has 0 aliphatic heterocycles. The second-order valence-corrected chi connectivity index (χ2v) is 6.45. The molecule has 0 aliphatic carbocycles. The van der Waals surface area contributed by atoms with Gasteiger partial charge in [0.05, 0.1) is 6.10 Å². The number of aliphatic hydroxyl groups is 1. The van der Waals surface area contributed by atoms with Gasteiger partial charge in [0.2, 0.25) is 11.8 Å². The normalized spacial score (nSPS) is 14.0. The van der Waals surface area contributed by atoms with E-state index in [1.807, 2.05) is 30.3 Å². The summed E-state index contributed by atoms with van der Waals surface area (Å²) in [5.41, 5.74) is 0.295. The number of rotatable bonds is 6. The quantitative estimate of drug-likeness (QED) is 0.749. The van der Waals surface area contributed by atoms with Crippen LogP contribution in [-0.4, -0.2) is 29.5 Å². The summed E-state index contributed by atoms with van der Waals surface area (Å²) in [5.74, 6) is -0.419. The summed E-state index contributed by atoms with van der Waals surface area (Å²) >= 11 is 0. The predicted molar refractivity (Wildman–Crippen MR) is 86.1 cm³/mol. The van der Waals surface area contributed by atoms with Gasteiger partial charge in [-0.3, -0.25) is 9.59 Å². The van der Waals surface area contributed by atoms with Gasteiger partial charge in [0.15, 0.2) is 0 Å². The lowest BCUT2D eigenvalue weighted by atomic mass is 9.95. The Balaban J connectivity index is 2.35. The van der Waals surface area contributed by atoms with Crippen molar-refractivity contribution in [1.29, 1.82) is 0 Å². The summed E-state index contributed by atoms with van der Waals surface area (Å²) in [4.78, 5) is 23.7. The van der Waals surface area contributed by atoms with E-state index in [4.69, 9.17) is 0 Å². The minimum Gasteiger partial charge on any atom is -0.388 e. The van der Waals surface area contributed by atoms with E-state index in [1.165, 1.54) is 0 Å². The van der Waals surface area contributed by atoms with Crippen LogP contribution >= 0.6 is 0 Å². The zero-order chi connectivity index (χ0) is 16.8. The molecule has 0 saturated carbocycles. The summed E-state index contributed by atoms with van der Waals surface area (Å²) in [5, 5.41) is 15.4. The first-order chi connectivity index (χ1) is 10.2. The molecule has 0 heterocycles. The number of nitrogens with one attached hydrogen (secondary N) is 2. The molecule has 2 unspecified atom stereocenters. The number of carbonyl (C=O) groups is 2. The Hall–Kier alpha value is -1.88. The standard InChI is InChI=1S/C17H26N2O3/c1-12(19-16(22)17(2,3)4)15(21)18-11-10-14(20)13-8-6-5-7-9-13/h5-9,12,14,20H,10-11H2,1-4H3,(H,18,21)(H,19,22). The summed E-state index contributed by atoms with van der Waals surface area (Å²) in [7, 11) is 0. The molecule has 0 saturated heterocycles. The van der Waals surface area contributed by atoms with Crippen molar-refractivity contribution in [3.8, 4) is 0 Å². The molecule has 3 N–H and O–H groups in total. The molecule has 2 atom stereocenters. The summed E-state index contributed by atoms with van der Waals surface area (Å²) in [6, 6.07) is 8.71. The molecule has 1 rings (SSSR count). The highest BCUT2D eigenvalue weighted by Crippen LogP contribution is 2.15. The van der Waals surface area contributed by atoms with Crippen LogP contribution in [0.5, 0.6) is 0 Å². The minimum atomic E-state index is -0.610. The van der Waals surface area contributed by atoms with E-state index in [9.17, 15) is 14.7 Å². The second kappa shape index (κ2) is 7.94. The molecule has 0 aromatic heterocycles. The topological polar surface area (TPSA) is 78.4 Å². The molecule has 122 valence electrons. The van der Waals surface area contributed by atoms with Crippen molar-refractivity contribution in [3.05, 3.63) is 35.9 Å². The predicted octanol–water partition coefficient (Wildman–Crippen LogP) is 1.78. The number of aliphatic hydroxyl groups excluding tert-OH is 1. The third-order valence-corrected chi connectivity index (χ3v) is 3.32. The zero-order valence-electron chi connectivity index (χ0n) is 13.7. The number of benzene rings is 1. The molecular weight excluding hydrogens is 280 g/mol. The van der Waals surface area contributed by atoms with Gasteiger partial charge in [0, 0.05) is 12.0 Å². The molecule has 22 heavy (non-hydrogen) atoms. The first-order valence-corrected chi connectivity index (χ1v) is 7.53. The van der Waals surface area contributed by atoms with Crippen LogP contribution in [0.1, 0.15) is 45.8 Å². The maximum Gasteiger partial charge on any atom is 0.242 e. The number of amides is 2. The van der Waals surface area contributed by atoms with Gasteiger partial charge in [-0.1, -0.05) is 51.1 Å². The Bertz CT molecular complexity index is 494. The summed E-state index contributed by atoms with van der Waals surface area (Å²) in [6.45, 7) is 7.38. The van der Waals surface area contributed by atoms with E-state index in [1.54, 1.807) is 27.7 Å². The van der Waals surface area contributed by atoms with Gasteiger partial charge in [-0.05, 0) is 18.9 Å². The fourth-order valence-corrected chi connectivity index (χ4v) is 1.81. The monoisotopic (exact) mass is 306 g/mol. The van der Waals surface area contributed by atoms with Gasteiger partial charge >= 0.3 is 0 Å². The van der Waals surface area contributed by atoms with Crippen molar-refractivity contribution in [2.75, 3.05) is 6.54 Å². The highest BCUT2D eigenvalue weighted by Gasteiger charge is 2.24. The first-order valence-electron chi connectivity index (χ1n) is 7.53. The van der Waals surface area contributed by atoms with Crippen LogP contribution in [0, 0.1) is 5.41 Å².